The van der Waals surface area contributed by atoms with E-state index < -0.39 is 0 Å². The molecule has 13 heavy (non-hydrogen) atoms. The quantitative estimate of drug-likeness (QED) is 0.727. The van der Waals surface area contributed by atoms with E-state index in [1.807, 2.05) is 36.6 Å². The summed E-state index contributed by atoms with van der Waals surface area (Å²) >= 11 is 1.49. The lowest BCUT2D eigenvalue weighted by molar-refractivity contribution is 0.478. The Labute approximate surface area is 80.8 Å². The highest BCUT2D eigenvalue weighted by molar-refractivity contribution is 7.11. The molecule has 0 aliphatic rings. The second kappa shape index (κ2) is 3.58. The van der Waals surface area contributed by atoms with E-state index in [-0.39, 0.29) is 0 Å². The summed E-state index contributed by atoms with van der Waals surface area (Å²) in [4.78, 5) is 4.03. The fourth-order valence-electron chi connectivity index (χ4n) is 0.968. The minimum absolute atomic E-state index is 0.684. The Hall–Kier alpha value is -1.35. The first kappa shape index (κ1) is 8.26. The van der Waals surface area contributed by atoms with Crippen LogP contribution in [-0.4, -0.2) is 4.98 Å². The molecule has 0 unspecified atom stereocenters. The Kier molecular flexibility index (Phi) is 2.27. The maximum absolute atomic E-state index is 5.48. The number of rotatable bonds is 2. The first-order valence-electron chi connectivity index (χ1n) is 3.98. The smallest absolute Gasteiger partial charge is 0.278 e. The van der Waals surface area contributed by atoms with Crippen LogP contribution in [0.4, 0.5) is 0 Å². The highest BCUT2D eigenvalue weighted by Gasteiger charge is 1.97. The van der Waals surface area contributed by atoms with Crippen LogP contribution in [0.3, 0.4) is 0 Å². The maximum atomic E-state index is 5.48. The Balaban J connectivity index is 2.15. The number of benzene rings is 1. The van der Waals surface area contributed by atoms with Crippen molar-refractivity contribution in [3.8, 4) is 10.9 Å². The van der Waals surface area contributed by atoms with E-state index in [1.54, 1.807) is 6.20 Å². The first-order chi connectivity index (χ1) is 6.34. The topological polar surface area (TPSA) is 22.1 Å². The van der Waals surface area contributed by atoms with Crippen molar-refractivity contribution in [2.75, 3.05) is 0 Å². The molecule has 0 amide bonds. The number of nitrogens with zero attached hydrogens (tertiary/aromatic N) is 1. The van der Waals surface area contributed by atoms with Gasteiger partial charge in [-0.2, -0.15) is 0 Å². The third-order valence-corrected chi connectivity index (χ3v) is 2.28. The summed E-state index contributed by atoms with van der Waals surface area (Å²) < 4.78 is 5.48. The van der Waals surface area contributed by atoms with Gasteiger partial charge in [0.2, 0.25) is 0 Å². The van der Waals surface area contributed by atoms with E-state index in [1.165, 1.54) is 16.9 Å². The summed E-state index contributed by atoms with van der Waals surface area (Å²) in [6.45, 7) is 2.05. The molecule has 0 radical (unpaired) electrons. The Morgan fingerprint density at radius 1 is 1.23 bits per heavy atom. The molecule has 2 aromatic rings. The van der Waals surface area contributed by atoms with Gasteiger partial charge in [0.1, 0.15) is 5.75 Å². The van der Waals surface area contributed by atoms with Gasteiger partial charge in [0, 0.05) is 11.6 Å². The van der Waals surface area contributed by atoms with Crippen molar-refractivity contribution in [2.24, 2.45) is 0 Å². The van der Waals surface area contributed by atoms with Crippen LogP contribution in [0.1, 0.15) is 5.56 Å². The zero-order valence-corrected chi connectivity index (χ0v) is 8.04. The van der Waals surface area contributed by atoms with Crippen LogP contribution in [0.5, 0.6) is 10.9 Å². The lowest BCUT2D eigenvalue weighted by atomic mass is 10.2. The van der Waals surface area contributed by atoms with Gasteiger partial charge in [-0.05, 0) is 19.1 Å². The van der Waals surface area contributed by atoms with Crippen molar-refractivity contribution in [2.45, 2.75) is 6.92 Å². The number of aromatic nitrogens is 1. The van der Waals surface area contributed by atoms with Crippen LogP contribution in [0, 0.1) is 6.92 Å². The van der Waals surface area contributed by atoms with Crippen molar-refractivity contribution < 1.29 is 4.74 Å². The molecule has 0 fully saturated rings. The number of hydrogen-bond donors (Lipinski definition) is 0. The molecule has 66 valence electrons. The number of hydrogen-bond acceptors (Lipinski definition) is 3. The molecule has 0 saturated carbocycles. The fraction of sp³-hybridized carbons (Fsp3) is 0.100. The summed E-state index contributed by atoms with van der Waals surface area (Å²) in [6, 6.07) is 7.92. The molecule has 1 heterocycles. The highest BCUT2D eigenvalue weighted by Crippen LogP contribution is 2.22. The minimum Gasteiger partial charge on any atom is -0.431 e. The number of aryl methyl sites for hydroxylation is 1. The molecule has 0 bridgehead atoms. The molecule has 3 heteroatoms. The van der Waals surface area contributed by atoms with Crippen LogP contribution < -0.4 is 4.74 Å². The highest BCUT2D eigenvalue weighted by atomic mass is 32.1. The SMILES string of the molecule is Cc1ccc(Oc2nccs2)cc1. The second-order valence-electron chi connectivity index (χ2n) is 2.71. The predicted octanol–water partition coefficient (Wildman–Crippen LogP) is 3.24. The molecule has 2 nitrogen and oxygen atoms in total. The van der Waals surface area contributed by atoms with Gasteiger partial charge in [0.05, 0.1) is 0 Å². The number of ether oxygens (including phenoxy) is 1. The Morgan fingerprint density at radius 3 is 2.62 bits per heavy atom. The number of thiazole rings is 1. The van der Waals surface area contributed by atoms with Gasteiger partial charge in [0.25, 0.3) is 5.19 Å². The van der Waals surface area contributed by atoms with Crippen LogP contribution >= 0.6 is 11.3 Å². The van der Waals surface area contributed by atoms with Gasteiger partial charge in [-0.15, -0.1) is 0 Å². The van der Waals surface area contributed by atoms with E-state index in [2.05, 4.69) is 4.98 Å². The third-order valence-electron chi connectivity index (χ3n) is 1.64. The summed E-state index contributed by atoms with van der Waals surface area (Å²) in [5.41, 5.74) is 1.23. The minimum atomic E-state index is 0.684. The van der Waals surface area contributed by atoms with Crippen LogP contribution in [0.2, 0.25) is 0 Å². The Morgan fingerprint density at radius 2 is 2.00 bits per heavy atom. The average Bonchev–Trinajstić information content (AvgIpc) is 2.62. The molecule has 0 aliphatic carbocycles. The van der Waals surface area contributed by atoms with E-state index in [4.69, 9.17) is 4.74 Å². The zero-order valence-electron chi connectivity index (χ0n) is 7.23. The van der Waals surface area contributed by atoms with Gasteiger partial charge in [-0.3, -0.25) is 0 Å². The van der Waals surface area contributed by atoms with Crippen molar-refractivity contribution in [1.82, 2.24) is 4.98 Å². The monoisotopic (exact) mass is 191 g/mol. The molecule has 0 spiro atoms. The maximum Gasteiger partial charge on any atom is 0.278 e. The van der Waals surface area contributed by atoms with Gasteiger partial charge < -0.3 is 4.74 Å². The molecule has 0 saturated heterocycles. The molecule has 1 aromatic heterocycles. The summed E-state index contributed by atoms with van der Waals surface area (Å²) in [7, 11) is 0. The van der Waals surface area contributed by atoms with Crippen molar-refractivity contribution >= 4 is 11.3 Å². The average molecular weight is 191 g/mol. The van der Waals surface area contributed by atoms with Gasteiger partial charge >= 0.3 is 0 Å². The molecule has 0 N–H and O–H groups in total. The predicted molar refractivity (Wildman–Crippen MR) is 53.4 cm³/mol. The van der Waals surface area contributed by atoms with Crippen molar-refractivity contribution in [3.05, 3.63) is 41.4 Å². The molecular weight excluding hydrogens is 182 g/mol. The molecular formula is C10H9NOS. The second-order valence-corrected chi connectivity index (χ2v) is 3.57. The third kappa shape index (κ3) is 2.06. The lowest BCUT2D eigenvalue weighted by Crippen LogP contribution is -1.82. The normalized spacial score (nSPS) is 9.92. The molecule has 0 atom stereocenters. The summed E-state index contributed by atoms with van der Waals surface area (Å²) in [6.07, 6.45) is 1.73. The van der Waals surface area contributed by atoms with E-state index in [0.29, 0.717) is 5.19 Å². The Bertz CT molecular complexity index is 366. The van der Waals surface area contributed by atoms with Crippen LogP contribution in [0.15, 0.2) is 35.8 Å². The molecule has 0 aliphatic heterocycles. The van der Waals surface area contributed by atoms with E-state index in [0.717, 1.165) is 5.75 Å². The van der Waals surface area contributed by atoms with Gasteiger partial charge in [-0.25, -0.2) is 4.98 Å². The molecule has 2 rings (SSSR count). The van der Waals surface area contributed by atoms with Crippen molar-refractivity contribution in [3.63, 3.8) is 0 Å². The first-order valence-corrected chi connectivity index (χ1v) is 4.86. The zero-order chi connectivity index (χ0) is 9.10. The van der Waals surface area contributed by atoms with Gasteiger partial charge in [-0.1, -0.05) is 29.0 Å². The lowest BCUT2D eigenvalue weighted by Gasteiger charge is -2.00. The van der Waals surface area contributed by atoms with E-state index >= 15 is 0 Å². The summed E-state index contributed by atoms with van der Waals surface area (Å²) in [5, 5.41) is 2.58. The van der Waals surface area contributed by atoms with Crippen LogP contribution in [-0.2, 0) is 0 Å². The standard InChI is InChI=1S/C10H9NOS/c1-8-2-4-9(5-3-8)12-10-11-6-7-13-10/h2-7H,1H3. The summed E-state index contributed by atoms with van der Waals surface area (Å²) in [5.74, 6) is 0.834. The van der Waals surface area contributed by atoms with E-state index in [9.17, 15) is 0 Å². The fourth-order valence-corrected chi connectivity index (χ4v) is 1.47. The van der Waals surface area contributed by atoms with Crippen molar-refractivity contribution in [1.29, 1.82) is 0 Å². The largest absolute Gasteiger partial charge is 0.431 e. The van der Waals surface area contributed by atoms with Crippen LogP contribution in [0.25, 0.3) is 0 Å². The van der Waals surface area contributed by atoms with Gasteiger partial charge in [0.15, 0.2) is 0 Å². The molecule has 1 aromatic carbocycles.